The van der Waals surface area contributed by atoms with Gasteiger partial charge in [-0.05, 0) is 44.5 Å². The molecule has 1 saturated heterocycles. The molecule has 9 heteroatoms. The van der Waals surface area contributed by atoms with Crippen molar-refractivity contribution >= 4 is 28.6 Å². The summed E-state index contributed by atoms with van der Waals surface area (Å²) in [5.41, 5.74) is 5.62. The zero-order valence-electron chi connectivity index (χ0n) is 16.8. The second kappa shape index (κ2) is 10.0. The number of hydrogen-bond acceptors (Lipinski definition) is 5. The Kier molecular flexibility index (Phi) is 7.18. The summed E-state index contributed by atoms with van der Waals surface area (Å²) in [6, 6.07) is 6.92. The van der Waals surface area contributed by atoms with E-state index in [0.29, 0.717) is 24.0 Å². The first-order chi connectivity index (χ1) is 14.5. The fourth-order valence-corrected chi connectivity index (χ4v) is 3.68. The molecule has 2 heterocycles. The highest BCUT2D eigenvalue weighted by molar-refractivity contribution is 5.98. The zero-order chi connectivity index (χ0) is 21.5. The third-order valence-corrected chi connectivity index (χ3v) is 5.32. The van der Waals surface area contributed by atoms with Crippen molar-refractivity contribution in [2.45, 2.75) is 19.3 Å². The van der Waals surface area contributed by atoms with E-state index in [0.717, 1.165) is 32.4 Å². The van der Waals surface area contributed by atoms with E-state index < -0.39 is 5.91 Å². The first-order valence-electron chi connectivity index (χ1n) is 10.1. The largest absolute Gasteiger partial charge is 0.369 e. The topological polar surface area (TPSA) is 137 Å². The van der Waals surface area contributed by atoms with Crippen LogP contribution in [0.3, 0.4) is 0 Å². The minimum Gasteiger partial charge on any atom is -0.369 e. The Balaban J connectivity index is 1.40. The fourth-order valence-electron chi connectivity index (χ4n) is 3.68. The molecule has 1 aliphatic heterocycles. The van der Waals surface area contributed by atoms with Crippen molar-refractivity contribution in [1.82, 2.24) is 20.5 Å². The van der Waals surface area contributed by atoms with Crippen molar-refractivity contribution in [3.05, 3.63) is 46.2 Å². The molecule has 160 valence electrons. The molecule has 5 N–H and O–H groups in total. The quantitative estimate of drug-likeness (QED) is 0.450. The van der Waals surface area contributed by atoms with Crippen LogP contribution >= 0.6 is 0 Å². The van der Waals surface area contributed by atoms with Crippen molar-refractivity contribution in [2.24, 2.45) is 11.7 Å². The van der Waals surface area contributed by atoms with Crippen molar-refractivity contribution in [2.75, 3.05) is 32.7 Å². The second-order valence-electron chi connectivity index (χ2n) is 7.51. The second-order valence-corrected chi connectivity index (χ2v) is 7.51. The number of hydrogen-bond donors (Lipinski definition) is 4. The Morgan fingerprint density at radius 1 is 1.20 bits per heavy atom. The highest BCUT2D eigenvalue weighted by Gasteiger charge is 2.23. The van der Waals surface area contributed by atoms with E-state index in [-0.39, 0.29) is 35.3 Å². The fraction of sp³-hybridized carbons (Fsp3) is 0.429. The van der Waals surface area contributed by atoms with E-state index in [1.165, 1.54) is 6.20 Å². The Bertz CT molecular complexity index is 987. The Labute approximate surface area is 174 Å². The number of para-hydroxylation sites is 1. The van der Waals surface area contributed by atoms with Crippen LogP contribution in [0.1, 0.15) is 29.6 Å². The van der Waals surface area contributed by atoms with Gasteiger partial charge in [-0.3, -0.25) is 19.2 Å². The number of rotatable bonds is 8. The molecule has 30 heavy (non-hydrogen) atoms. The predicted molar refractivity (Wildman–Crippen MR) is 113 cm³/mol. The number of nitrogens with two attached hydrogens (primary N) is 1. The number of likely N-dealkylation sites (tertiary alicyclic amines) is 1. The van der Waals surface area contributed by atoms with E-state index in [4.69, 9.17) is 5.73 Å². The number of nitrogens with zero attached hydrogens (tertiary/aromatic N) is 1. The molecule has 3 rings (SSSR count). The lowest BCUT2D eigenvalue weighted by atomic mass is 9.97. The highest BCUT2D eigenvalue weighted by atomic mass is 16.2. The van der Waals surface area contributed by atoms with Crippen LogP contribution in [0.2, 0.25) is 0 Å². The first kappa shape index (κ1) is 21.5. The van der Waals surface area contributed by atoms with Gasteiger partial charge < -0.3 is 26.3 Å². The minimum atomic E-state index is -0.594. The van der Waals surface area contributed by atoms with Gasteiger partial charge in [0, 0.05) is 30.2 Å². The van der Waals surface area contributed by atoms with Gasteiger partial charge in [0.25, 0.3) is 5.91 Å². The number of fused-ring (bicyclic) bond motifs is 1. The Hall–Kier alpha value is -3.20. The molecule has 0 radical (unpaired) electrons. The van der Waals surface area contributed by atoms with Crippen molar-refractivity contribution in [3.8, 4) is 0 Å². The van der Waals surface area contributed by atoms with Crippen LogP contribution in [0.25, 0.3) is 10.9 Å². The van der Waals surface area contributed by atoms with Gasteiger partial charge >= 0.3 is 0 Å². The summed E-state index contributed by atoms with van der Waals surface area (Å²) in [6.45, 7) is 2.61. The minimum absolute atomic E-state index is 0.0318. The molecule has 0 aliphatic carbocycles. The van der Waals surface area contributed by atoms with Gasteiger partial charge in [0.05, 0.1) is 12.5 Å². The number of primary amides is 1. The molecular formula is C21H27N5O4. The lowest BCUT2D eigenvalue weighted by Gasteiger charge is -2.31. The number of amides is 3. The maximum atomic E-state index is 12.4. The monoisotopic (exact) mass is 413 g/mol. The number of nitrogens with one attached hydrogen (secondary N) is 3. The van der Waals surface area contributed by atoms with Gasteiger partial charge in [-0.15, -0.1) is 0 Å². The van der Waals surface area contributed by atoms with Gasteiger partial charge in [-0.1, -0.05) is 12.1 Å². The number of piperidine rings is 1. The molecule has 0 spiro atoms. The highest BCUT2D eigenvalue weighted by Crippen LogP contribution is 2.15. The van der Waals surface area contributed by atoms with Gasteiger partial charge in [0.15, 0.2) is 0 Å². The third kappa shape index (κ3) is 5.44. The molecule has 1 aromatic heterocycles. The molecule has 0 unspecified atom stereocenters. The predicted octanol–water partition coefficient (Wildman–Crippen LogP) is -0.0385. The maximum Gasteiger partial charge on any atom is 0.257 e. The summed E-state index contributed by atoms with van der Waals surface area (Å²) >= 11 is 0. The summed E-state index contributed by atoms with van der Waals surface area (Å²) in [4.78, 5) is 53.1. The van der Waals surface area contributed by atoms with E-state index in [2.05, 4.69) is 20.5 Å². The molecule has 1 aliphatic rings. The van der Waals surface area contributed by atoms with Crippen LogP contribution < -0.4 is 21.8 Å². The Morgan fingerprint density at radius 2 is 2.00 bits per heavy atom. The van der Waals surface area contributed by atoms with Crippen LogP contribution in [0.4, 0.5) is 0 Å². The van der Waals surface area contributed by atoms with E-state index in [1.807, 2.05) is 0 Å². The number of H-pyrrole nitrogens is 1. The molecule has 1 atom stereocenters. The average molecular weight is 413 g/mol. The smallest absolute Gasteiger partial charge is 0.257 e. The molecule has 1 aromatic carbocycles. The number of benzene rings is 1. The lowest BCUT2D eigenvalue weighted by molar-refractivity contribution is -0.123. The zero-order valence-corrected chi connectivity index (χ0v) is 16.8. The van der Waals surface area contributed by atoms with Gasteiger partial charge in [0.2, 0.25) is 17.2 Å². The molecule has 9 nitrogen and oxygen atoms in total. The number of carbonyl (C=O) groups is 3. The van der Waals surface area contributed by atoms with E-state index in [1.54, 1.807) is 24.3 Å². The van der Waals surface area contributed by atoms with Gasteiger partial charge in [-0.25, -0.2) is 0 Å². The molecular weight excluding hydrogens is 386 g/mol. The molecule has 1 fully saturated rings. The summed E-state index contributed by atoms with van der Waals surface area (Å²) in [7, 11) is 0. The van der Waals surface area contributed by atoms with E-state index in [9.17, 15) is 19.2 Å². The number of aromatic nitrogens is 1. The molecule has 2 aromatic rings. The third-order valence-electron chi connectivity index (χ3n) is 5.32. The van der Waals surface area contributed by atoms with Crippen LogP contribution in [-0.2, 0) is 9.59 Å². The molecule has 3 amide bonds. The normalized spacial score (nSPS) is 16.9. The summed E-state index contributed by atoms with van der Waals surface area (Å²) in [5, 5.41) is 5.65. The van der Waals surface area contributed by atoms with Crippen LogP contribution in [0.5, 0.6) is 0 Å². The van der Waals surface area contributed by atoms with Gasteiger partial charge in [0.1, 0.15) is 5.56 Å². The summed E-state index contributed by atoms with van der Waals surface area (Å²) in [6.07, 6.45) is 3.87. The average Bonchev–Trinajstić information content (AvgIpc) is 2.75. The Morgan fingerprint density at radius 3 is 2.80 bits per heavy atom. The van der Waals surface area contributed by atoms with E-state index >= 15 is 0 Å². The maximum absolute atomic E-state index is 12.4. The summed E-state index contributed by atoms with van der Waals surface area (Å²) < 4.78 is 0. The van der Waals surface area contributed by atoms with Gasteiger partial charge in [-0.2, -0.15) is 0 Å². The van der Waals surface area contributed by atoms with Crippen LogP contribution in [-0.4, -0.2) is 60.3 Å². The summed E-state index contributed by atoms with van der Waals surface area (Å²) in [5.74, 6) is -1.27. The van der Waals surface area contributed by atoms with Crippen molar-refractivity contribution < 1.29 is 14.4 Å². The molecule has 0 bridgehead atoms. The van der Waals surface area contributed by atoms with Crippen LogP contribution in [0.15, 0.2) is 35.3 Å². The van der Waals surface area contributed by atoms with Crippen LogP contribution in [0, 0.1) is 5.92 Å². The molecule has 0 saturated carbocycles. The standard InChI is InChI=1S/C21H27N5O4/c22-20(29)14-5-3-9-26(13-14)10-4-8-23-18(27)12-25-21(30)16-11-24-17-7-2-1-6-15(17)19(16)28/h1-2,6-7,11,14H,3-5,8-10,12-13H2,(H2,22,29)(H,23,27)(H,24,28)(H,25,30)/t14-/m1/s1. The number of carbonyl (C=O) groups excluding carboxylic acids is 3. The van der Waals surface area contributed by atoms with Crippen molar-refractivity contribution in [1.29, 1.82) is 0 Å². The number of aromatic amines is 1. The first-order valence-corrected chi connectivity index (χ1v) is 10.1. The number of pyridine rings is 1. The SMILES string of the molecule is NC(=O)[C@@H]1CCCN(CCCNC(=O)CNC(=O)c2c[nH]c3ccccc3c2=O)C1. The lowest BCUT2D eigenvalue weighted by Crippen LogP contribution is -2.42. The van der Waals surface area contributed by atoms with Crippen molar-refractivity contribution in [3.63, 3.8) is 0 Å².